The van der Waals surface area contributed by atoms with Gasteiger partial charge in [0.1, 0.15) is 0 Å². The Balaban J connectivity index is 3.04. The molecule has 0 aliphatic heterocycles. The molecule has 0 aromatic heterocycles. The number of rotatable bonds is 3. The molecule has 0 aliphatic carbocycles. The Morgan fingerprint density at radius 3 is 2.50 bits per heavy atom. The summed E-state index contributed by atoms with van der Waals surface area (Å²) in [5, 5.41) is 0.936. The zero-order valence-corrected chi connectivity index (χ0v) is 10.3. The lowest BCUT2D eigenvalue weighted by molar-refractivity contribution is 0.661. The van der Waals surface area contributed by atoms with E-state index in [9.17, 15) is 0 Å². The van der Waals surface area contributed by atoms with Gasteiger partial charge in [0.15, 0.2) is 0 Å². The smallest absolute Gasteiger partial charge is 0.0467 e. The van der Waals surface area contributed by atoms with Crippen LogP contribution < -0.4 is 0 Å². The molecule has 1 atom stereocenters. The molecule has 14 heavy (non-hydrogen) atoms. The van der Waals surface area contributed by atoms with Gasteiger partial charge in [-0.25, -0.2) is 0 Å². The quantitative estimate of drug-likeness (QED) is 0.669. The topological polar surface area (TPSA) is 0 Å². The first-order chi connectivity index (χ1) is 6.57. The number of halogens is 1. The van der Waals surface area contributed by atoms with Gasteiger partial charge in [0.25, 0.3) is 0 Å². The van der Waals surface area contributed by atoms with Crippen LogP contribution in [0.25, 0.3) is 0 Å². The van der Waals surface area contributed by atoms with Crippen LogP contribution in [0, 0.1) is 13.8 Å². The van der Waals surface area contributed by atoms with E-state index in [4.69, 9.17) is 11.6 Å². The highest BCUT2D eigenvalue weighted by atomic mass is 35.5. The monoisotopic (exact) mass is 210 g/mol. The Kier molecular flexibility index (Phi) is 4.00. The van der Waals surface area contributed by atoms with Crippen molar-refractivity contribution in [1.29, 1.82) is 0 Å². The minimum atomic E-state index is 0.623. The van der Waals surface area contributed by atoms with Gasteiger partial charge < -0.3 is 0 Å². The Labute approximate surface area is 92.3 Å². The van der Waals surface area contributed by atoms with Crippen molar-refractivity contribution >= 4 is 11.6 Å². The second-order valence-corrected chi connectivity index (χ2v) is 4.48. The molecule has 0 aliphatic rings. The van der Waals surface area contributed by atoms with Crippen molar-refractivity contribution in [1.82, 2.24) is 0 Å². The van der Waals surface area contributed by atoms with Gasteiger partial charge in [-0.2, -0.15) is 0 Å². The summed E-state index contributed by atoms with van der Waals surface area (Å²) in [6.07, 6.45) is 2.46. The maximum Gasteiger partial charge on any atom is 0.0467 e. The molecular formula is C13H19Cl. The van der Waals surface area contributed by atoms with Crippen molar-refractivity contribution in [3.8, 4) is 0 Å². The third-order valence-corrected chi connectivity index (χ3v) is 3.46. The van der Waals surface area contributed by atoms with Crippen LogP contribution in [0.15, 0.2) is 12.1 Å². The molecule has 0 amide bonds. The molecule has 0 saturated carbocycles. The lowest BCUT2D eigenvalue weighted by atomic mass is 9.92. The Morgan fingerprint density at radius 1 is 1.29 bits per heavy atom. The summed E-state index contributed by atoms with van der Waals surface area (Å²) in [5.74, 6) is 0.623. The number of hydrogen-bond acceptors (Lipinski definition) is 0. The SMILES string of the molecule is CCCC(C)c1ccc(C)c(Cl)c1C. The van der Waals surface area contributed by atoms with E-state index in [-0.39, 0.29) is 0 Å². The molecule has 0 nitrogen and oxygen atoms in total. The summed E-state index contributed by atoms with van der Waals surface area (Å²) in [6.45, 7) is 8.68. The lowest BCUT2D eigenvalue weighted by Crippen LogP contribution is -1.97. The summed E-state index contributed by atoms with van der Waals surface area (Å²) in [7, 11) is 0. The van der Waals surface area contributed by atoms with Gasteiger partial charge in [-0.1, -0.05) is 44.0 Å². The molecule has 1 aromatic carbocycles. The average Bonchev–Trinajstić information content (AvgIpc) is 2.15. The van der Waals surface area contributed by atoms with Crippen LogP contribution in [-0.4, -0.2) is 0 Å². The zero-order valence-electron chi connectivity index (χ0n) is 9.52. The van der Waals surface area contributed by atoms with Gasteiger partial charge in [-0.05, 0) is 42.9 Å². The number of benzene rings is 1. The molecule has 1 rings (SSSR count). The van der Waals surface area contributed by atoms with Crippen LogP contribution >= 0.6 is 11.6 Å². The summed E-state index contributed by atoms with van der Waals surface area (Å²) in [6, 6.07) is 4.34. The molecule has 0 radical (unpaired) electrons. The van der Waals surface area contributed by atoms with Gasteiger partial charge in [0.05, 0.1) is 0 Å². The van der Waals surface area contributed by atoms with Gasteiger partial charge in [-0.3, -0.25) is 0 Å². The Morgan fingerprint density at radius 2 is 1.93 bits per heavy atom. The molecule has 0 N–H and O–H groups in total. The van der Waals surface area contributed by atoms with Crippen molar-refractivity contribution in [3.63, 3.8) is 0 Å². The van der Waals surface area contributed by atoms with E-state index in [1.807, 2.05) is 0 Å². The lowest BCUT2D eigenvalue weighted by Gasteiger charge is -2.15. The van der Waals surface area contributed by atoms with Crippen LogP contribution in [0.3, 0.4) is 0 Å². The second-order valence-electron chi connectivity index (χ2n) is 4.10. The molecule has 0 spiro atoms. The van der Waals surface area contributed by atoms with Gasteiger partial charge >= 0.3 is 0 Å². The molecule has 1 aromatic rings. The third kappa shape index (κ3) is 2.30. The van der Waals surface area contributed by atoms with E-state index in [0.29, 0.717) is 5.92 Å². The van der Waals surface area contributed by atoms with E-state index < -0.39 is 0 Å². The summed E-state index contributed by atoms with van der Waals surface area (Å²) < 4.78 is 0. The van der Waals surface area contributed by atoms with E-state index in [0.717, 1.165) is 5.02 Å². The Hall–Kier alpha value is -0.490. The predicted octanol–water partition coefficient (Wildman–Crippen LogP) is 4.86. The van der Waals surface area contributed by atoms with Crippen LogP contribution in [0.1, 0.15) is 49.3 Å². The maximum atomic E-state index is 6.23. The summed E-state index contributed by atoms with van der Waals surface area (Å²) in [4.78, 5) is 0. The maximum absolute atomic E-state index is 6.23. The fraction of sp³-hybridized carbons (Fsp3) is 0.538. The highest BCUT2D eigenvalue weighted by Crippen LogP contribution is 2.30. The number of aryl methyl sites for hydroxylation is 1. The molecule has 1 unspecified atom stereocenters. The fourth-order valence-corrected chi connectivity index (χ4v) is 2.13. The molecule has 0 fully saturated rings. The minimum Gasteiger partial charge on any atom is -0.0838 e. The van der Waals surface area contributed by atoms with Crippen molar-refractivity contribution in [2.45, 2.75) is 46.5 Å². The molecule has 1 heteroatoms. The normalized spacial score (nSPS) is 12.9. The van der Waals surface area contributed by atoms with Gasteiger partial charge in [-0.15, -0.1) is 0 Å². The highest BCUT2D eigenvalue weighted by molar-refractivity contribution is 6.32. The van der Waals surface area contributed by atoms with Crippen LogP contribution in [0.5, 0.6) is 0 Å². The van der Waals surface area contributed by atoms with Crippen LogP contribution in [0.2, 0.25) is 5.02 Å². The molecule has 0 bridgehead atoms. The van der Waals surface area contributed by atoms with Crippen LogP contribution in [0.4, 0.5) is 0 Å². The first-order valence-electron chi connectivity index (χ1n) is 5.33. The van der Waals surface area contributed by atoms with E-state index in [1.165, 1.54) is 29.5 Å². The van der Waals surface area contributed by atoms with E-state index >= 15 is 0 Å². The summed E-state index contributed by atoms with van der Waals surface area (Å²) in [5.41, 5.74) is 3.84. The third-order valence-electron chi connectivity index (χ3n) is 2.87. The Bertz CT molecular complexity index is 315. The second kappa shape index (κ2) is 4.84. The van der Waals surface area contributed by atoms with Crippen molar-refractivity contribution in [2.75, 3.05) is 0 Å². The zero-order chi connectivity index (χ0) is 10.7. The molecular weight excluding hydrogens is 192 g/mol. The number of hydrogen-bond donors (Lipinski definition) is 0. The van der Waals surface area contributed by atoms with Crippen molar-refractivity contribution in [2.24, 2.45) is 0 Å². The molecule has 0 heterocycles. The van der Waals surface area contributed by atoms with Gasteiger partial charge in [0.2, 0.25) is 0 Å². The highest BCUT2D eigenvalue weighted by Gasteiger charge is 2.10. The fourth-order valence-electron chi connectivity index (χ4n) is 1.96. The minimum absolute atomic E-state index is 0.623. The largest absolute Gasteiger partial charge is 0.0838 e. The molecule has 78 valence electrons. The molecule has 0 saturated heterocycles. The van der Waals surface area contributed by atoms with E-state index in [1.54, 1.807) is 0 Å². The van der Waals surface area contributed by atoms with Crippen molar-refractivity contribution in [3.05, 3.63) is 33.8 Å². The van der Waals surface area contributed by atoms with Crippen LogP contribution in [-0.2, 0) is 0 Å². The van der Waals surface area contributed by atoms with Gasteiger partial charge in [0, 0.05) is 5.02 Å². The van der Waals surface area contributed by atoms with E-state index in [2.05, 4.69) is 39.8 Å². The van der Waals surface area contributed by atoms with Crippen molar-refractivity contribution < 1.29 is 0 Å². The standard InChI is InChI=1S/C13H19Cl/c1-5-6-9(2)12-8-7-10(3)13(14)11(12)4/h7-9H,5-6H2,1-4H3. The first-order valence-corrected chi connectivity index (χ1v) is 5.71. The summed E-state index contributed by atoms with van der Waals surface area (Å²) >= 11 is 6.23. The first kappa shape index (κ1) is 11.6. The predicted molar refractivity (Wildman–Crippen MR) is 64.2 cm³/mol. The average molecular weight is 211 g/mol.